The van der Waals surface area contributed by atoms with E-state index in [0.717, 1.165) is 70.6 Å². The average Bonchev–Trinajstić information content (AvgIpc) is 3.43. The second-order valence-electron chi connectivity index (χ2n) is 22.0. The highest BCUT2D eigenvalue weighted by atomic mass is 16.6. The molecule has 1 atom stereocenters. The van der Waals surface area contributed by atoms with Crippen molar-refractivity contribution in [2.75, 3.05) is 13.2 Å². The predicted molar refractivity (Wildman–Crippen MR) is 334 cm³/mol. The van der Waals surface area contributed by atoms with Crippen molar-refractivity contribution in [3.8, 4) is 0 Å². The lowest BCUT2D eigenvalue weighted by molar-refractivity contribution is -0.166. The van der Waals surface area contributed by atoms with Crippen LogP contribution < -0.4 is 0 Å². The topological polar surface area (TPSA) is 78.9 Å². The van der Waals surface area contributed by atoms with E-state index in [4.69, 9.17) is 14.2 Å². The number of allylic oxidation sites excluding steroid dienone is 14. The summed E-state index contributed by atoms with van der Waals surface area (Å²) in [5.41, 5.74) is 0. The maximum Gasteiger partial charge on any atom is 0.306 e. The van der Waals surface area contributed by atoms with Gasteiger partial charge >= 0.3 is 17.9 Å². The van der Waals surface area contributed by atoms with Crippen molar-refractivity contribution in [1.29, 1.82) is 0 Å². The van der Waals surface area contributed by atoms with Gasteiger partial charge in [-0.3, -0.25) is 14.4 Å². The van der Waals surface area contributed by atoms with E-state index in [2.05, 4.69) is 99.8 Å². The summed E-state index contributed by atoms with van der Waals surface area (Å²) in [5.74, 6) is -0.973. The van der Waals surface area contributed by atoms with Gasteiger partial charge in [0.25, 0.3) is 0 Å². The SMILES string of the molecule is CCCCC/C=C\C/C=C\C/C=C\C/C=C\C/C=C\CCC(=O)OC[C@H](COC(=O)CCCCCCCCCCCCCCCCCCCCCCC)OC(=O)CCCCCCCCCCC/C=C\C/C=C\CCCCC. The third-order valence-corrected chi connectivity index (χ3v) is 14.4. The van der Waals surface area contributed by atoms with Crippen LogP contribution in [0, 0.1) is 0 Å². The smallest absolute Gasteiger partial charge is 0.306 e. The average molecular weight is 1070 g/mol. The third-order valence-electron chi connectivity index (χ3n) is 14.4. The van der Waals surface area contributed by atoms with Gasteiger partial charge in [-0.15, -0.1) is 0 Å². The highest BCUT2D eigenvalue weighted by Gasteiger charge is 2.19. The highest BCUT2D eigenvalue weighted by Crippen LogP contribution is 2.17. The molecule has 0 saturated heterocycles. The lowest BCUT2D eigenvalue weighted by Gasteiger charge is -2.18. The molecule has 77 heavy (non-hydrogen) atoms. The van der Waals surface area contributed by atoms with Gasteiger partial charge in [0.1, 0.15) is 13.2 Å². The summed E-state index contributed by atoms with van der Waals surface area (Å²) in [5, 5.41) is 0. The summed E-state index contributed by atoms with van der Waals surface area (Å²) in [6.45, 7) is 6.57. The fourth-order valence-electron chi connectivity index (χ4n) is 9.40. The number of carbonyl (C=O) groups excluding carboxylic acids is 3. The van der Waals surface area contributed by atoms with Crippen LogP contribution in [0.1, 0.15) is 329 Å². The van der Waals surface area contributed by atoms with Gasteiger partial charge in [0, 0.05) is 19.3 Å². The van der Waals surface area contributed by atoms with Gasteiger partial charge in [-0.2, -0.15) is 0 Å². The van der Waals surface area contributed by atoms with E-state index in [0.29, 0.717) is 19.3 Å². The Balaban J connectivity index is 4.45. The summed E-state index contributed by atoms with van der Waals surface area (Å²) in [6, 6.07) is 0. The molecular weight excluding hydrogens is 949 g/mol. The van der Waals surface area contributed by atoms with Crippen LogP contribution in [-0.4, -0.2) is 37.2 Å². The van der Waals surface area contributed by atoms with Gasteiger partial charge < -0.3 is 14.2 Å². The van der Waals surface area contributed by atoms with Crippen molar-refractivity contribution in [1.82, 2.24) is 0 Å². The maximum absolute atomic E-state index is 12.9. The lowest BCUT2D eigenvalue weighted by atomic mass is 10.0. The first kappa shape index (κ1) is 73.6. The molecule has 0 N–H and O–H groups in total. The molecule has 0 aromatic heterocycles. The quantitative estimate of drug-likeness (QED) is 0.0261. The molecule has 6 heteroatoms. The van der Waals surface area contributed by atoms with Gasteiger partial charge in [-0.25, -0.2) is 0 Å². The second kappa shape index (κ2) is 65.1. The number of esters is 3. The largest absolute Gasteiger partial charge is 0.462 e. The van der Waals surface area contributed by atoms with Crippen molar-refractivity contribution >= 4 is 17.9 Å². The number of ether oxygens (including phenoxy) is 3. The summed E-state index contributed by atoms with van der Waals surface area (Å²) >= 11 is 0. The van der Waals surface area contributed by atoms with E-state index >= 15 is 0 Å². The molecule has 0 aliphatic heterocycles. The molecule has 0 unspecified atom stereocenters. The van der Waals surface area contributed by atoms with Crippen molar-refractivity contribution in [3.05, 3.63) is 85.1 Å². The first-order chi connectivity index (χ1) is 38.0. The molecule has 444 valence electrons. The van der Waals surface area contributed by atoms with Gasteiger partial charge in [-0.1, -0.05) is 305 Å². The second-order valence-corrected chi connectivity index (χ2v) is 22.0. The van der Waals surface area contributed by atoms with Gasteiger partial charge in [-0.05, 0) is 89.9 Å². The molecular formula is C71H124O6. The van der Waals surface area contributed by atoms with E-state index in [-0.39, 0.29) is 37.5 Å². The number of carbonyl (C=O) groups is 3. The predicted octanol–water partition coefficient (Wildman–Crippen LogP) is 22.7. The molecule has 0 bridgehead atoms. The molecule has 0 heterocycles. The Morgan fingerprint density at radius 1 is 0.260 bits per heavy atom. The minimum Gasteiger partial charge on any atom is -0.462 e. The zero-order chi connectivity index (χ0) is 55.7. The zero-order valence-electron chi connectivity index (χ0n) is 51.0. The Kier molecular flexibility index (Phi) is 62.2. The van der Waals surface area contributed by atoms with E-state index in [9.17, 15) is 14.4 Å². The molecule has 0 fully saturated rings. The molecule has 0 aliphatic rings. The van der Waals surface area contributed by atoms with Crippen LogP contribution in [0.3, 0.4) is 0 Å². The molecule has 0 saturated carbocycles. The maximum atomic E-state index is 12.9. The molecule has 0 aromatic carbocycles. The van der Waals surface area contributed by atoms with Crippen LogP contribution in [-0.2, 0) is 28.6 Å². The van der Waals surface area contributed by atoms with Crippen molar-refractivity contribution in [3.63, 3.8) is 0 Å². The molecule has 0 radical (unpaired) electrons. The molecule has 0 aromatic rings. The molecule has 0 rings (SSSR count). The van der Waals surface area contributed by atoms with E-state index in [1.807, 2.05) is 6.08 Å². The van der Waals surface area contributed by atoms with Crippen LogP contribution in [0.5, 0.6) is 0 Å². The van der Waals surface area contributed by atoms with Crippen molar-refractivity contribution < 1.29 is 28.6 Å². The van der Waals surface area contributed by atoms with E-state index in [1.165, 1.54) is 212 Å². The van der Waals surface area contributed by atoms with Crippen LogP contribution >= 0.6 is 0 Å². The first-order valence-corrected chi connectivity index (χ1v) is 33.1. The molecule has 0 amide bonds. The van der Waals surface area contributed by atoms with Crippen LogP contribution in [0.4, 0.5) is 0 Å². The summed E-state index contributed by atoms with van der Waals surface area (Å²) in [7, 11) is 0. The fourth-order valence-corrected chi connectivity index (χ4v) is 9.40. The Bertz CT molecular complexity index is 1470. The summed E-state index contributed by atoms with van der Waals surface area (Å²) in [6.07, 6.45) is 86.0. The van der Waals surface area contributed by atoms with E-state index < -0.39 is 6.10 Å². The van der Waals surface area contributed by atoms with Gasteiger partial charge in [0.05, 0.1) is 0 Å². The summed E-state index contributed by atoms with van der Waals surface area (Å²) < 4.78 is 16.9. The number of hydrogen-bond donors (Lipinski definition) is 0. The monoisotopic (exact) mass is 1070 g/mol. The normalized spacial score (nSPS) is 12.6. The molecule has 0 spiro atoms. The van der Waals surface area contributed by atoms with Crippen molar-refractivity contribution in [2.45, 2.75) is 335 Å². The lowest BCUT2D eigenvalue weighted by Crippen LogP contribution is -2.30. The molecule has 6 nitrogen and oxygen atoms in total. The number of rotatable bonds is 60. The Morgan fingerprint density at radius 3 is 0.831 bits per heavy atom. The van der Waals surface area contributed by atoms with E-state index in [1.54, 1.807) is 0 Å². The minimum absolute atomic E-state index is 0.0983. The van der Waals surface area contributed by atoms with Crippen molar-refractivity contribution in [2.24, 2.45) is 0 Å². The Labute approximate surface area is 477 Å². The third kappa shape index (κ3) is 63.3. The standard InChI is InChI=1S/C71H124O6/c1-4-7-10-13-16-19-22-25-28-31-34-35-38-40-43-46-49-52-55-58-61-64-70(73)76-67-68(77-71(74)65-62-59-56-53-50-47-44-41-37-33-30-27-24-21-18-15-12-9-6-3)66-75-69(72)63-60-57-54-51-48-45-42-39-36-32-29-26-23-20-17-14-11-8-5-2/h17-18,20-21,26-27,29-30,36,39,45,48,54,57,68H,4-16,19,22-25,28,31-35,37-38,40-44,46-47,49-53,55-56,58-67H2,1-3H3/b20-17-,21-18-,29-26-,30-27-,39-36-,48-45-,57-54-/t68-/m1/s1. The van der Waals surface area contributed by atoms with Crippen LogP contribution in [0.15, 0.2) is 85.1 Å². The minimum atomic E-state index is -0.809. The number of unbranched alkanes of at least 4 members (excludes halogenated alkanes) is 35. The number of hydrogen-bond acceptors (Lipinski definition) is 6. The Morgan fingerprint density at radius 2 is 0.494 bits per heavy atom. The zero-order valence-corrected chi connectivity index (χ0v) is 51.0. The van der Waals surface area contributed by atoms with Crippen LogP contribution in [0.2, 0.25) is 0 Å². The highest BCUT2D eigenvalue weighted by molar-refractivity contribution is 5.71. The van der Waals surface area contributed by atoms with Gasteiger partial charge in [0.2, 0.25) is 0 Å². The first-order valence-electron chi connectivity index (χ1n) is 33.1. The van der Waals surface area contributed by atoms with Gasteiger partial charge in [0.15, 0.2) is 6.10 Å². The molecule has 0 aliphatic carbocycles. The fraction of sp³-hybridized carbons (Fsp3) is 0.761. The summed E-state index contributed by atoms with van der Waals surface area (Å²) in [4.78, 5) is 38.3. The van der Waals surface area contributed by atoms with Crippen LogP contribution in [0.25, 0.3) is 0 Å². The Hall–Kier alpha value is -3.41.